The Balaban J connectivity index is 4.63. The second-order valence-electron chi connectivity index (χ2n) is 5.28. The molecule has 0 aliphatic heterocycles. The zero-order valence-electron chi connectivity index (χ0n) is 13.9. The van der Waals surface area contributed by atoms with E-state index in [-0.39, 0.29) is 23.4 Å². The summed E-state index contributed by atoms with van der Waals surface area (Å²) < 4.78 is 0. The lowest BCUT2D eigenvalue weighted by Gasteiger charge is -2.19. The zero-order chi connectivity index (χ0) is 18.5. The first-order chi connectivity index (χ1) is 11.3. The highest BCUT2D eigenvalue weighted by Crippen LogP contribution is 2.15. The Morgan fingerprint density at radius 2 is 1.88 bits per heavy atom. The van der Waals surface area contributed by atoms with Gasteiger partial charge in [-0.2, -0.15) is 0 Å². The van der Waals surface area contributed by atoms with E-state index in [1.165, 1.54) is 6.92 Å². The van der Waals surface area contributed by atoms with E-state index in [2.05, 4.69) is 10.3 Å². The quantitative estimate of drug-likeness (QED) is 0.171. The van der Waals surface area contributed by atoms with Gasteiger partial charge in [-0.15, -0.1) is 0 Å². The highest BCUT2D eigenvalue weighted by Gasteiger charge is 2.25. The minimum absolute atomic E-state index is 0.0611. The number of amides is 1. The predicted octanol–water partition coefficient (Wildman–Crippen LogP) is -0.756. The number of nitrogens with two attached hydrogens (primary N) is 3. The molecule has 0 aliphatic rings. The van der Waals surface area contributed by atoms with Crippen LogP contribution in [-0.2, 0) is 14.4 Å². The molecule has 0 spiro atoms. The van der Waals surface area contributed by atoms with Crippen molar-refractivity contribution in [3.05, 3.63) is 0 Å². The summed E-state index contributed by atoms with van der Waals surface area (Å²) in [5.41, 5.74) is 15.8. The molecule has 0 aromatic rings. The van der Waals surface area contributed by atoms with Gasteiger partial charge in [-0.1, -0.05) is 11.8 Å². The Bertz CT molecular complexity index is 454. The number of carbonyl (C=O) groups excluding carboxylic acids is 2. The molecule has 0 rings (SSSR count). The monoisotopic (exact) mass is 361 g/mol. The Morgan fingerprint density at radius 1 is 1.21 bits per heavy atom. The number of rotatable bonds is 12. The van der Waals surface area contributed by atoms with Crippen LogP contribution in [0.15, 0.2) is 4.99 Å². The maximum absolute atomic E-state index is 12.3. The Labute approximate surface area is 145 Å². The first kappa shape index (κ1) is 22.2. The van der Waals surface area contributed by atoms with Crippen LogP contribution >= 0.6 is 11.8 Å². The molecule has 0 aromatic heterocycles. The van der Waals surface area contributed by atoms with E-state index >= 15 is 0 Å². The number of guanidine groups is 1. The third-order valence-corrected chi connectivity index (χ3v) is 4.15. The van der Waals surface area contributed by atoms with Crippen molar-refractivity contribution in [3.8, 4) is 0 Å². The molecule has 24 heavy (non-hydrogen) atoms. The number of thioether (sulfide) groups is 1. The fraction of sp³-hybridized carbons (Fsp3) is 0.714. The summed E-state index contributed by atoms with van der Waals surface area (Å²) in [6.45, 7) is 2.14. The standard InChI is InChI=1S/C14H27N5O4S/c1-9(20)24-8-10(4-2-6-15)12(21)19-11(13(22)23)5-3-7-18-14(16)17/h10-11H,2-8,15H2,1H3,(H,19,21)(H,22,23)(H4,16,17,18)/t10?,11-/m0/s1. The number of aliphatic imine (C=N–C) groups is 1. The molecule has 0 saturated heterocycles. The van der Waals surface area contributed by atoms with Crippen LogP contribution in [0.2, 0.25) is 0 Å². The molecule has 0 fully saturated rings. The highest BCUT2D eigenvalue weighted by atomic mass is 32.2. The highest BCUT2D eigenvalue weighted by molar-refractivity contribution is 8.13. The van der Waals surface area contributed by atoms with Crippen molar-refractivity contribution >= 4 is 34.7 Å². The van der Waals surface area contributed by atoms with Crippen molar-refractivity contribution in [1.29, 1.82) is 0 Å². The van der Waals surface area contributed by atoms with E-state index in [9.17, 15) is 19.5 Å². The van der Waals surface area contributed by atoms with Crippen LogP contribution < -0.4 is 22.5 Å². The number of aliphatic carboxylic acids is 1. The Morgan fingerprint density at radius 3 is 2.38 bits per heavy atom. The van der Waals surface area contributed by atoms with Gasteiger partial charge in [0.1, 0.15) is 6.04 Å². The molecule has 1 amide bonds. The average Bonchev–Trinajstić information content (AvgIpc) is 2.49. The van der Waals surface area contributed by atoms with Crippen LogP contribution in [0.3, 0.4) is 0 Å². The molecule has 138 valence electrons. The lowest BCUT2D eigenvalue weighted by Crippen LogP contribution is -2.44. The van der Waals surface area contributed by atoms with E-state index in [0.717, 1.165) is 11.8 Å². The molecule has 8 N–H and O–H groups in total. The molecule has 0 heterocycles. The molecule has 0 aromatic carbocycles. The number of carbonyl (C=O) groups is 3. The molecule has 0 aliphatic carbocycles. The van der Waals surface area contributed by atoms with Gasteiger partial charge in [-0.3, -0.25) is 14.6 Å². The van der Waals surface area contributed by atoms with Crippen molar-refractivity contribution in [2.24, 2.45) is 28.1 Å². The van der Waals surface area contributed by atoms with Gasteiger partial charge in [-0.25, -0.2) is 4.79 Å². The lowest BCUT2D eigenvalue weighted by molar-refractivity contribution is -0.142. The number of nitrogens with one attached hydrogen (secondary N) is 1. The summed E-state index contributed by atoms with van der Waals surface area (Å²) in [5, 5.41) is 11.7. The van der Waals surface area contributed by atoms with Gasteiger partial charge >= 0.3 is 5.97 Å². The third-order valence-electron chi connectivity index (χ3n) is 3.18. The number of hydrogen-bond donors (Lipinski definition) is 5. The molecule has 1 unspecified atom stereocenters. The lowest BCUT2D eigenvalue weighted by atomic mass is 10.0. The topological polar surface area (TPSA) is 174 Å². The smallest absolute Gasteiger partial charge is 0.326 e. The summed E-state index contributed by atoms with van der Waals surface area (Å²) in [6.07, 6.45) is 1.76. The van der Waals surface area contributed by atoms with Gasteiger partial charge in [-0.05, 0) is 32.2 Å². The molecule has 0 saturated carbocycles. The molecule has 9 nitrogen and oxygen atoms in total. The average molecular weight is 361 g/mol. The summed E-state index contributed by atoms with van der Waals surface area (Å²) >= 11 is 1.04. The number of carboxylic acids is 1. The molecule has 0 bridgehead atoms. The van der Waals surface area contributed by atoms with Crippen LogP contribution in [0.4, 0.5) is 0 Å². The normalized spacial score (nSPS) is 12.9. The zero-order valence-corrected chi connectivity index (χ0v) is 14.7. The van der Waals surface area contributed by atoms with Crippen LogP contribution in [0.25, 0.3) is 0 Å². The fourth-order valence-corrected chi connectivity index (χ4v) is 2.68. The van der Waals surface area contributed by atoms with Crippen molar-refractivity contribution in [3.63, 3.8) is 0 Å². The molecular formula is C14H27N5O4S. The van der Waals surface area contributed by atoms with E-state index in [1.54, 1.807) is 0 Å². The van der Waals surface area contributed by atoms with E-state index in [1.807, 2.05) is 0 Å². The van der Waals surface area contributed by atoms with Gasteiger partial charge in [0.2, 0.25) is 5.91 Å². The summed E-state index contributed by atoms with van der Waals surface area (Å²) in [4.78, 5) is 38.5. The maximum atomic E-state index is 12.3. The van der Waals surface area contributed by atoms with Gasteiger partial charge in [0.25, 0.3) is 0 Å². The van der Waals surface area contributed by atoms with Gasteiger partial charge in [0.05, 0.1) is 0 Å². The number of carboxylic acid groups (broad SMARTS) is 1. The second kappa shape index (κ2) is 12.6. The summed E-state index contributed by atoms with van der Waals surface area (Å²) in [7, 11) is 0. The van der Waals surface area contributed by atoms with Crippen LogP contribution in [0, 0.1) is 5.92 Å². The SMILES string of the molecule is CC(=O)SCC(CCCN)C(=O)N[C@@H](CCCN=C(N)N)C(=O)O. The van der Waals surface area contributed by atoms with Crippen LogP contribution in [-0.4, -0.2) is 52.9 Å². The molecule has 2 atom stereocenters. The molecule has 10 heteroatoms. The van der Waals surface area contributed by atoms with Crippen molar-refractivity contribution in [2.45, 2.75) is 38.6 Å². The van der Waals surface area contributed by atoms with Crippen molar-refractivity contribution in [1.82, 2.24) is 5.32 Å². The van der Waals surface area contributed by atoms with Crippen LogP contribution in [0.5, 0.6) is 0 Å². The minimum Gasteiger partial charge on any atom is -0.480 e. The van der Waals surface area contributed by atoms with Crippen molar-refractivity contribution < 1.29 is 19.5 Å². The largest absolute Gasteiger partial charge is 0.480 e. The second-order valence-corrected chi connectivity index (χ2v) is 6.48. The maximum Gasteiger partial charge on any atom is 0.326 e. The Hall–Kier alpha value is -1.81. The fourth-order valence-electron chi connectivity index (χ4n) is 1.92. The predicted molar refractivity (Wildman–Crippen MR) is 94.4 cm³/mol. The first-order valence-electron chi connectivity index (χ1n) is 7.69. The van der Waals surface area contributed by atoms with E-state index in [4.69, 9.17) is 17.2 Å². The minimum atomic E-state index is -1.12. The third kappa shape index (κ3) is 10.8. The summed E-state index contributed by atoms with van der Waals surface area (Å²) in [6, 6.07) is -1.02. The van der Waals surface area contributed by atoms with Crippen molar-refractivity contribution in [2.75, 3.05) is 18.8 Å². The number of hydrogen-bond acceptors (Lipinski definition) is 6. The first-order valence-corrected chi connectivity index (χ1v) is 8.68. The van der Waals surface area contributed by atoms with Crippen LogP contribution in [0.1, 0.15) is 32.6 Å². The Kier molecular flexibility index (Phi) is 11.6. The molecular weight excluding hydrogens is 334 g/mol. The molecule has 0 radical (unpaired) electrons. The van der Waals surface area contributed by atoms with Gasteiger partial charge in [0, 0.05) is 25.1 Å². The van der Waals surface area contributed by atoms with Gasteiger partial charge < -0.3 is 27.6 Å². The summed E-state index contributed by atoms with van der Waals surface area (Å²) in [5.74, 6) is -1.71. The number of nitrogens with zero attached hydrogens (tertiary/aromatic N) is 1. The van der Waals surface area contributed by atoms with E-state index < -0.39 is 17.9 Å². The van der Waals surface area contributed by atoms with Gasteiger partial charge in [0.15, 0.2) is 11.1 Å². The van der Waals surface area contributed by atoms with E-state index in [0.29, 0.717) is 38.1 Å².